The molecule has 0 aliphatic carbocycles. The van der Waals surface area contributed by atoms with Gasteiger partial charge in [0.2, 0.25) is 0 Å². The SMILES string of the molecule is CC(C)OCCN(C)C(C)CCc1ccc(O)cc1. The van der Waals surface area contributed by atoms with Gasteiger partial charge in [0.1, 0.15) is 5.75 Å². The fraction of sp³-hybridized carbons (Fsp3) is 0.625. The first-order chi connectivity index (χ1) is 8.99. The van der Waals surface area contributed by atoms with E-state index >= 15 is 0 Å². The van der Waals surface area contributed by atoms with Crippen LogP contribution >= 0.6 is 0 Å². The highest BCUT2D eigenvalue weighted by atomic mass is 16.5. The van der Waals surface area contributed by atoms with Crippen molar-refractivity contribution in [3.8, 4) is 5.75 Å². The lowest BCUT2D eigenvalue weighted by Crippen LogP contribution is -2.33. The van der Waals surface area contributed by atoms with Crippen molar-refractivity contribution in [2.24, 2.45) is 0 Å². The van der Waals surface area contributed by atoms with Gasteiger partial charge in [-0.25, -0.2) is 0 Å². The summed E-state index contributed by atoms with van der Waals surface area (Å²) in [6.45, 7) is 8.13. The van der Waals surface area contributed by atoms with Crippen LogP contribution < -0.4 is 0 Å². The summed E-state index contributed by atoms with van der Waals surface area (Å²) in [6, 6.07) is 8.01. The number of phenols is 1. The Morgan fingerprint density at radius 1 is 1.16 bits per heavy atom. The van der Waals surface area contributed by atoms with Crippen LogP contribution in [0.2, 0.25) is 0 Å². The fourth-order valence-corrected chi connectivity index (χ4v) is 1.91. The maximum atomic E-state index is 9.24. The maximum Gasteiger partial charge on any atom is 0.115 e. The number of rotatable bonds is 8. The van der Waals surface area contributed by atoms with Crippen LogP contribution in [0.3, 0.4) is 0 Å². The van der Waals surface area contributed by atoms with Crippen molar-refractivity contribution in [3.05, 3.63) is 29.8 Å². The third-order valence-corrected chi connectivity index (χ3v) is 3.43. The number of likely N-dealkylation sites (N-methyl/N-ethyl adjacent to an activating group) is 1. The van der Waals surface area contributed by atoms with Crippen molar-refractivity contribution < 1.29 is 9.84 Å². The van der Waals surface area contributed by atoms with Crippen LogP contribution in [0.15, 0.2) is 24.3 Å². The predicted molar refractivity (Wildman–Crippen MR) is 79.6 cm³/mol. The monoisotopic (exact) mass is 265 g/mol. The van der Waals surface area contributed by atoms with Crippen molar-refractivity contribution in [1.82, 2.24) is 4.90 Å². The molecule has 1 N–H and O–H groups in total. The first-order valence-electron chi connectivity index (χ1n) is 7.08. The topological polar surface area (TPSA) is 32.7 Å². The zero-order valence-corrected chi connectivity index (χ0v) is 12.6. The van der Waals surface area contributed by atoms with Crippen LogP contribution in [0.5, 0.6) is 5.75 Å². The average molecular weight is 265 g/mol. The van der Waals surface area contributed by atoms with Gasteiger partial charge in [-0.05, 0) is 58.4 Å². The van der Waals surface area contributed by atoms with Gasteiger partial charge in [0.25, 0.3) is 0 Å². The third kappa shape index (κ3) is 6.60. The second-order valence-electron chi connectivity index (χ2n) is 5.45. The molecular weight excluding hydrogens is 238 g/mol. The first-order valence-corrected chi connectivity index (χ1v) is 7.08. The summed E-state index contributed by atoms with van der Waals surface area (Å²) < 4.78 is 5.57. The van der Waals surface area contributed by atoms with Gasteiger partial charge >= 0.3 is 0 Å². The minimum atomic E-state index is 0.306. The Morgan fingerprint density at radius 2 is 1.79 bits per heavy atom. The molecule has 0 radical (unpaired) electrons. The molecule has 0 aliphatic heterocycles. The minimum Gasteiger partial charge on any atom is -0.508 e. The van der Waals surface area contributed by atoms with E-state index in [9.17, 15) is 5.11 Å². The quantitative estimate of drug-likeness (QED) is 0.784. The molecule has 1 aromatic rings. The van der Waals surface area contributed by atoms with Gasteiger partial charge in [0.05, 0.1) is 12.7 Å². The van der Waals surface area contributed by atoms with Gasteiger partial charge < -0.3 is 14.7 Å². The fourth-order valence-electron chi connectivity index (χ4n) is 1.91. The van der Waals surface area contributed by atoms with E-state index in [1.54, 1.807) is 12.1 Å². The Morgan fingerprint density at radius 3 is 2.37 bits per heavy atom. The molecule has 1 atom stereocenters. The third-order valence-electron chi connectivity index (χ3n) is 3.43. The van der Waals surface area contributed by atoms with E-state index in [2.05, 4.69) is 32.7 Å². The van der Waals surface area contributed by atoms with Crippen LogP contribution in [0, 0.1) is 0 Å². The predicted octanol–water partition coefficient (Wildman–Crippen LogP) is 3.07. The van der Waals surface area contributed by atoms with Gasteiger partial charge in [-0.2, -0.15) is 0 Å². The number of aromatic hydroxyl groups is 1. The molecule has 3 nitrogen and oxygen atoms in total. The molecule has 19 heavy (non-hydrogen) atoms. The standard InChI is InChI=1S/C16H27NO2/c1-13(2)19-12-11-17(4)14(3)5-6-15-7-9-16(18)10-8-15/h7-10,13-14,18H,5-6,11-12H2,1-4H3. The lowest BCUT2D eigenvalue weighted by molar-refractivity contribution is 0.0566. The van der Waals surface area contributed by atoms with Crippen LogP contribution in [0.25, 0.3) is 0 Å². The van der Waals surface area contributed by atoms with Crippen molar-refractivity contribution in [1.29, 1.82) is 0 Å². The molecule has 0 bridgehead atoms. The highest BCUT2D eigenvalue weighted by Crippen LogP contribution is 2.13. The van der Waals surface area contributed by atoms with E-state index in [1.165, 1.54) is 5.56 Å². The molecule has 0 saturated heterocycles. The Balaban J connectivity index is 2.26. The zero-order valence-electron chi connectivity index (χ0n) is 12.6. The van der Waals surface area contributed by atoms with Crippen LogP contribution in [-0.4, -0.2) is 42.4 Å². The Bertz CT molecular complexity index is 348. The molecule has 0 aromatic heterocycles. The molecule has 1 unspecified atom stereocenters. The van der Waals surface area contributed by atoms with Crippen molar-refractivity contribution in [2.45, 2.75) is 45.8 Å². The molecule has 1 rings (SSSR count). The number of ether oxygens (including phenoxy) is 1. The molecule has 1 aromatic carbocycles. The lowest BCUT2D eigenvalue weighted by Gasteiger charge is -2.25. The second kappa shape index (κ2) is 8.18. The molecule has 3 heteroatoms. The highest BCUT2D eigenvalue weighted by molar-refractivity contribution is 5.25. The molecule has 108 valence electrons. The molecule has 0 heterocycles. The number of nitrogens with zero attached hydrogens (tertiary/aromatic N) is 1. The van der Waals surface area contributed by atoms with Crippen molar-refractivity contribution >= 4 is 0 Å². The van der Waals surface area contributed by atoms with Gasteiger partial charge in [0, 0.05) is 12.6 Å². The molecule has 0 fully saturated rings. The van der Waals surface area contributed by atoms with E-state index in [4.69, 9.17) is 4.74 Å². The van der Waals surface area contributed by atoms with Gasteiger partial charge in [-0.1, -0.05) is 12.1 Å². The minimum absolute atomic E-state index is 0.306. The summed E-state index contributed by atoms with van der Waals surface area (Å²) in [5.74, 6) is 0.333. The van der Waals surface area contributed by atoms with Crippen LogP contribution in [-0.2, 0) is 11.2 Å². The summed E-state index contributed by atoms with van der Waals surface area (Å²) in [5, 5.41) is 9.24. The van der Waals surface area contributed by atoms with Crippen LogP contribution in [0.4, 0.5) is 0 Å². The summed E-state index contributed by atoms with van der Waals surface area (Å²) in [7, 11) is 2.14. The van der Waals surface area contributed by atoms with E-state index in [0.29, 0.717) is 17.9 Å². The maximum absolute atomic E-state index is 9.24. The summed E-state index contributed by atoms with van der Waals surface area (Å²) in [6.07, 6.45) is 2.46. The highest BCUT2D eigenvalue weighted by Gasteiger charge is 2.09. The van der Waals surface area contributed by atoms with Crippen molar-refractivity contribution in [3.63, 3.8) is 0 Å². The molecule has 0 spiro atoms. The summed E-state index contributed by atoms with van der Waals surface area (Å²) in [5.41, 5.74) is 1.27. The van der Waals surface area contributed by atoms with Crippen molar-refractivity contribution in [2.75, 3.05) is 20.2 Å². The first kappa shape index (κ1) is 16.0. The summed E-state index contributed by atoms with van der Waals surface area (Å²) in [4.78, 5) is 2.34. The lowest BCUT2D eigenvalue weighted by atomic mass is 10.1. The molecular formula is C16H27NO2. The molecule has 0 saturated carbocycles. The largest absolute Gasteiger partial charge is 0.508 e. The Hall–Kier alpha value is -1.06. The zero-order chi connectivity index (χ0) is 14.3. The van der Waals surface area contributed by atoms with E-state index in [1.807, 2.05) is 12.1 Å². The second-order valence-corrected chi connectivity index (χ2v) is 5.45. The van der Waals surface area contributed by atoms with Gasteiger partial charge in [-0.15, -0.1) is 0 Å². The summed E-state index contributed by atoms with van der Waals surface area (Å²) >= 11 is 0. The normalized spacial score (nSPS) is 13.2. The van der Waals surface area contributed by atoms with Crippen LogP contribution in [0.1, 0.15) is 32.8 Å². The Kier molecular flexibility index (Phi) is 6.89. The number of hydrogen-bond acceptors (Lipinski definition) is 3. The van der Waals surface area contributed by atoms with E-state index in [-0.39, 0.29) is 0 Å². The van der Waals surface area contributed by atoms with Gasteiger partial charge in [-0.3, -0.25) is 0 Å². The number of benzene rings is 1. The smallest absolute Gasteiger partial charge is 0.115 e. The van der Waals surface area contributed by atoms with Gasteiger partial charge in [0.15, 0.2) is 0 Å². The molecule has 0 amide bonds. The number of aryl methyl sites for hydroxylation is 1. The average Bonchev–Trinajstić information content (AvgIpc) is 2.37. The number of hydrogen-bond donors (Lipinski definition) is 1. The molecule has 0 aliphatic rings. The Labute approximate surface area is 117 Å². The van der Waals surface area contributed by atoms with E-state index in [0.717, 1.165) is 26.0 Å². The van der Waals surface area contributed by atoms with E-state index < -0.39 is 0 Å². The number of phenolic OH excluding ortho intramolecular Hbond substituents is 1.